The summed E-state index contributed by atoms with van der Waals surface area (Å²) in [6.45, 7) is 6.64. The Morgan fingerprint density at radius 3 is 2.44 bits per heavy atom. The fraction of sp³-hybridized carbons (Fsp3) is 0.611. The number of nitrogens with one attached hydrogen (secondary N) is 3. The molecule has 2 fully saturated rings. The predicted molar refractivity (Wildman–Crippen MR) is 193 cm³/mol. The Bertz CT molecular complexity index is 1490. The Labute approximate surface area is 296 Å². The number of amides is 4. The Kier molecular flexibility index (Phi) is 14.0. The number of aromatic nitrogens is 1. The Morgan fingerprint density at radius 1 is 0.938 bits per heavy atom. The SMILES string of the molecule is CCC(=O)CCCCC[C@@H]1NC(=O)[C@H]2CCCCN2C(=O)[C@H](C(C)CC)NC(=O)[C@H](C(=O)c2cn(CCCI)c3ccccc23)NC1=O. The van der Waals surface area contributed by atoms with E-state index in [1.165, 1.54) is 0 Å². The van der Waals surface area contributed by atoms with Gasteiger partial charge < -0.3 is 25.4 Å². The van der Waals surface area contributed by atoms with Gasteiger partial charge in [-0.25, -0.2) is 0 Å². The van der Waals surface area contributed by atoms with Crippen LogP contribution in [0.5, 0.6) is 0 Å². The van der Waals surface area contributed by atoms with E-state index in [0.717, 1.165) is 29.2 Å². The van der Waals surface area contributed by atoms with E-state index in [1.807, 2.05) is 49.6 Å². The minimum absolute atomic E-state index is 0.174. The van der Waals surface area contributed by atoms with Gasteiger partial charge in [0.05, 0.1) is 0 Å². The largest absolute Gasteiger partial charge is 0.347 e. The summed E-state index contributed by atoms with van der Waals surface area (Å²) >= 11 is 2.31. The number of alkyl halides is 1. The number of nitrogens with zero attached hydrogens (tertiary/aromatic N) is 2. The molecule has 2 saturated heterocycles. The van der Waals surface area contributed by atoms with Gasteiger partial charge in [-0.3, -0.25) is 28.8 Å². The molecule has 48 heavy (non-hydrogen) atoms. The summed E-state index contributed by atoms with van der Waals surface area (Å²) in [6, 6.07) is 3.07. The molecule has 1 aromatic heterocycles. The van der Waals surface area contributed by atoms with E-state index in [9.17, 15) is 28.8 Å². The van der Waals surface area contributed by atoms with Crippen LogP contribution in [0.3, 0.4) is 0 Å². The molecular weight excluding hydrogens is 725 g/mol. The first-order chi connectivity index (χ1) is 23.1. The van der Waals surface area contributed by atoms with Gasteiger partial charge in [-0.05, 0) is 50.5 Å². The number of halogens is 1. The Hall–Kier alpha value is -3.29. The van der Waals surface area contributed by atoms with E-state index >= 15 is 0 Å². The topological polar surface area (TPSA) is 147 Å². The Morgan fingerprint density at radius 2 is 1.71 bits per heavy atom. The molecule has 11 nitrogen and oxygen atoms in total. The summed E-state index contributed by atoms with van der Waals surface area (Å²) in [7, 11) is 0. The molecule has 0 aliphatic carbocycles. The van der Waals surface area contributed by atoms with Crippen LogP contribution in [-0.4, -0.2) is 79.8 Å². The van der Waals surface area contributed by atoms with E-state index in [0.29, 0.717) is 69.0 Å². The van der Waals surface area contributed by atoms with Crippen molar-refractivity contribution in [1.29, 1.82) is 0 Å². The van der Waals surface area contributed by atoms with Gasteiger partial charge in [-0.15, -0.1) is 0 Å². The number of carbonyl (C=O) groups excluding carboxylic acids is 6. The second-order valence-corrected chi connectivity index (χ2v) is 14.1. The lowest BCUT2D eigenvalue weighted by atomic mass is 9.93. The zero-order valence-electron chi connectivity index (χ0n) is 28.4. The highest BCUT2D eigenvalue weighted by Crippen LogP contribution is 2.25. The van der Waals surface area contributed by atoms with Gasteiger partial charge in [-0.1, -0.05) is 80.8 Å². The molecule has 0 spiro atoms. The first kappa shape index (κ1) is 37.5. The number of hydrogen-bond donors (Lipinski definition) is 3. The van der Waals surface area contributed by atoms with Crippen LogP contribution < -0.4 is 16.0 Å². The fourth-order valence-electron chi connectivity index (χ4n) is 6.63. The van der Waals surface area contributed by atoms with Crippen LogP contribution in [-0.2, 0) is 30.5 Å². The van der Waals surface area contributed by atoms with Crippen molar-refractivity contribution in [3.8, 4) is 0 Å². The molecule has 3 heterocycles. The fourth-order valence-corrected chi connectivity index (χ4v) is 6.98. The van der Waals surface area contributed by atoms with E-state index in [1.54, 1.807) is 11.1 Å². The monoisotopic (exact) mass is 775 g/mol. The van der Waals surface area contributed by atoms with Gasteiger partial charge in [0.15, 0.2) is 11.8 Å². The molecule has 1 aromatic carbocycles. The standard InChI is InChI=1S/C36H50IN5O6/c1-4-23(3)30-36(48)42-21-12-11-18-29(42)34(46)38-27(16-8-6-7-14-24(43)5-2)33(45)40-31(35(47)39-30)32(44)26-22-41(20-13-19-37)28-17-10-9-15-25(26)28/h9-10,15,17,22-23,27,29-31H,4-8,11-14,16,18-21H2,1-3H3,(H,38,46)(H,39,47)(H,40,45)/t23?,27-,29+,30-,31-/m0/s1. The minimum atomic E-state index is -1.63. The third kappa shape index (κ3) is 9.03. The summed E-state index contributed by atoms with van der Waals surface area (Å²) in [5.74, 6) is -2.87. The summed E-state index contributed by atoms with van der Waals surface area (Å²) in [6.07, 6.45) is 8.21. The van der Waals surface area contributed by atoms with Gasteiger partial charge in [-0.2, -0.15) is 0 Å². The van der Waals surface area contributed by atoms with Crippen molar-refractivity contribution in [2.45, 2.75) is 122 Å². The van der Waals surface area contributed by atoms with Crippen LogP contribution in [0.1, 0.15) is 102 Å². The molecule has 0 saturated carbocycles. The van der Waals surface area contributed by atoms with Crippen molar-refractivity contribution in [2.24, 2.45) is 5.92 Å². The number of benzene rings is 1. The summed E-state index contributed by atoms with van der Waals surface area (Å²) in [5, 5.41) is 9.10. The van der Waals surface area contributed by atoms with Gasteiger partial charge in [0.2, 0.25) is 17.7 Å². The summed E-state index contributed by atoms with van der Waals surface area (Å²) in [5.41, 5.74) is 1.15. The van der Waals surface area contributed by atoms with Crippen LogP contribution in [0.4, 0.5) is 0 Å². The number of ketones is 2. The molecule has 5 atom stereocenters. The average Bonchev–Trinajstić information content (AvgIpc) is 3.48. The highest BCUT2D eigenvalue weighted by Gasteiger charge is 2.42. The summed E-state index contributed by atoms with van der Waals surface area (Å²) < 4.78 is 2.92. The molecule has 2 aromatic rings. The van der Waals surface area contributed by atoms with Crippen molar-refractivity contribution in [1.82, 2.24) is 25.4 Å². The number of piperidine rings is 1. The zero-order valence-corrected chi connectivity index (χ0v) is 30.6. The second-order valence-electron chi connectivity index (χ2n) is 13.1. The molecule has 262 valence electrons. The lowest BCUT2D eigenvalue weighted by Gasteiger charge is -2.39. The van der Waals surface area contributed by atoms with Gasteiger partial charge >= 0.3 is 0 Å². The maximum atomic E-state index is 14.4. The van der Waals surface area contributed by atoms with Crippen LogP contribution in [0.25, 0.3) is 10.9 Å². The van der Waals surface area contributed by atoms with Crippen molar-refractivity contribution in [3.05, 3.63) is 36.0 Å². The lowest BCUT2D eigenvalue weighted by molar-refractivity contribution is -0.147. The van der Waals surface area contributed by atoms with Gasteiger partial charge in [0, 0.05) is 53.0 Å². The highest BCUT2D eigenvalue weighted by atomic mass is 127. The van der Waals surface area contributed by atoms with Crippen LogP contribution in [0.15, 0.2) is 30.5 Å². The van der Waals surface area contributed by atoms with Crippen molar-refractivity contribution in [3.63, 3.8) is 0 Å². The van der Waals surface area contributed by atoms with Crippen LogP contribution >= 0.6 is 22.6 Å². The van der Waals surface area contributed by atoms with Crippen molar-refractivity contribution in [2.75, 3.05) is 11.0 Å². The molecule has 4 amide bonds. The average molecular weight is 776 g/mol. The van der Waals surface area contributed by atoms with Gasteiger partial charge in [0.25, 0.3) is 5.91 Å². The van der Waals surface area contributed by atoms with Gasteiger partial charge in [0.1, 0.15) is 23.9 Å². The molecule has 4 rings (SSSR count). The predicted octanol–water partition coefficient (Wildman–Crippen LogP) is 4.47. The molecule has 2 aliphatic rings. The highest BCUT2D eigenvalue weighted by molar-refractivity contribution is 14.1. The summed E-state index contributed by atoms with van der Waals surface area (Å²) in [4.78, 5) is 83.8. The second kappa shape index (κ2) is 17.9. The van der Waals surface area contributed by atoms with E-state index in [-0.39, 0.29) is 24.0 Å². The van der Waals surface area contributed by atoms with Crippen molar-refractivity contribution < 1.29 is 28.8 Å². The molecule has 3 N–H and O–H groups in total. The van der Waals surface area contributed by atoms with E-state index in [2.05, 4.69) is 38.5 Å². The number of rotatable bonds is 14. The normalized spacial score (nSPS) is 23.0. The Balaban J connectivity index is 1.72. The maximum absolute atomic E-state index is 14.4. The lowest BCUT2D eigenvalue weighted by Crippen LogP contribution is -2.65. The first-order valence-corrected chi connectivity index (χ1v) is 19.0. The third-order valence-corrected chi connectivity index (χ3v) is 10.5. The number of unbranched alkanes of at least 4 members (excludes halogenated alkanes) is 2. The number of aryl methyl sites for hydroxylation is 1. The molecular formula is C36H50IN5O6. The number of carbonyl (C=O) groups is 6. The number of fused-ring (bicyclic) bond motifs is 2. The third-order valence-electron chi connectivity index (χ3n) is 9.74. The van der Waals surface area contributed by atoms with Crippen molar-refractivity contribution >= 4 is 68.7 Å². The quantitative estimate of drug-likeness (QED) is 0.0849. The molecule has 1 unspecified atom stereocenters. The maximum Gasteiger partial charge on any atom is 0.251 e. The molecule has 0 bridgehead atoms. The van der Waals surface area contributed by atoms with Crippen LogP contribution in [0, 0.1) is 5.92 Å². The molecule has 0 radical (unpaired) electrons. The first-order valence-electron chi connectivity index (χ1n) is 17.5. The zero-order chi connectivity index (χ0) is 34.8. The van der Waals surface area contributed by atoms with E-state index < -0.39 is 47.7 Å². The number of hydrogen-bond acceptors (Lipinski definition) is 6. The smallest absolute Gasteiger partial charge is 0.251 e. The van der Waals surface area contributed by atoms with Crippen LogP contribution in [0.2, 0.25) is 0 Å². The minimum Gasteiger partial charge on any atom is -0.347 e. The molecule has 2 aliphatic heterocycles. The number of Topliss-reactive ketones (excluding diaryl/α,β-unsaturated/α-hetero) is 2. The van der Waals surface area contributed by atoms with E-state index in [4.69, 9.17) is 0 Å². The molecule has 12 heteroatoms. The number of para-hydroxylation sites is 1.